The fourth-order valence-electron chi connectivity index (χ4n) is 1.69. The lowest BCUT2D eigenvalue weighted by atomic mass is 10.3. The average molecular weight is 262 g/mol. The number of rotatable bonds is 6. The Hall–Kier alpha value is -2.18. The van der Waals surface area contributed by atoms with E-state index in [0.29, 0.717) is 30.5 Å². The Morgan fingerprint density at radius 2 is 2.05 bits per heavy atom. The van der Waals surface area contributed by atoms with Crippen molar-refractivity contribution in [2.24, 2.45) is 0 Å². The molecule has 0 saturated heterocycles. The van der Waals surface area contributed by atoms with Gasteiger partial charge in [-0.25, -0.2) is 9.97 Å². The first-order valence-corrected chi connectivity index (χ1v) is 6.34. The molecule has 0 saturated carbocycles. The molecular formula is C12H18N6O. The van der Waals surface area contributed by atoms with Gasteiger partial charge in [-0.1, -0.05) is 12.1 Å². The molecule has 0 fully saturated rings. The van der Waals surface area contributed by atoms with Crippen LogP contribution in [-0.2, 0) is 12.8 Å². The summed E-state index contributed by atoms with van der Waals surface area (Å²) in [5.74, 6) is 3.24. The van der Waals surface area contributed by atoms with E-state index in [4.69, 9.17) is 10.3 Å². The normalized spacial score (nSPS) is 10.6. The van der Waals surface area contributed by atoms with E-state index in [9.17, 15) is 0 Å². The first kappa shape index (κ1) is 13.3. The summed E-state index contributed by atoms with van der Waals surface area (Å²) < 4.78 is 4.90. The maximum absolute atomic E-state index is 5.75. The number of nitrogen functional groups attached to an aromatic ring is 1. The van der Waals surface area contributed by atoms with Crippen molar-refractivity contribution in [1.82, 2.24) is 20.1 Å². The molecule has 0 unspecified atom stereocenters. The van der Waals surface area contributed by atoms with Gasteiger partial charge in [0.1, 0.15) is 17.5 Å². The molecule has 0 aliphatic carbocycles. The van der Waals surface area contributed by atoms with Gasteiger partial charge >= 0.3 is 0 Å². The number of hydrogen-bond donors (Lipinski definition) is 2. The summed E-state index contributed by atoms with van der Waals surface area (Å²) in [7, 11) is 0. The number of nitrogens with one attached hydrogen (secondary N) is 1. The Kier molecular flexibility index (Phi) is 4.27. The molecule has 0 bridgehead atoms. The van der Waals surface area contributed by atoms with Gasteiger partial charge in [0.15, 0.2) is 5.82 Å². The molecule has 0 aliphatic heterocycles. The topological polar surface area (TPSA) is 103 Å². The Balaban J connectivity index is 1.91. The average Bonchev–Trinajstić information content (AvgIpc) is 2.75. The van der Waals surface area contributed by atoms with Crippen LogP contribution < -0.4 is 11.1 Å². The van der Waals surface area contributed by atoms with Crippen molar-refractivity contribution in [3.8, 4) is 0 Å². The maximum atomic E-state index is 5.75. The third-order valence-electron chi connectivity index (χ3n) is 2.49. The van der Waals surface area contributed by atoms with Crippen molar-refractivity contribution in [1.29, 1.82) is 0 Å². The number of hydrogen-bond acceptors (Lipinski definition) is 7. The molecule has 19 heavy (non-hydrogen) atoms. The van der Waals surface area contributed by atoms with E-state index in [1.54, 1.807) is 13.0 Å². The Labute approximate surface area is 111 Å². The molecule has 0 amide bonds. The van der Waals surface area contributed by atoms with Gasteiger partial charge in [0, 0.05) is 32.4 Å². The van der Waals surface area contributed by atoms with Crippen LogP contribution in [0, 0.1) is 6.92 Å². The van der Waals surface area contributed by atoms with Crippen molar-refractivity contribution in [3.63, 3.8) is 0 Å². The zero-order valence-corrected chi connectivity index (χ0v) is 11.2. The molecule has 0 radical (unpaired) electrons. The van der Waals surface area contributed by atoms with Gasteiger partial charge in [-0.3, -0.25) is 0 Å². The number of anilines is 2. The molecule has 0 atom stereocenters. The largest absolute Gasteiger partial charge is 0.384 e. The summed E-state index contributed by atoms with van der Waals surface area (Å²) in [5, 5.41) is 7.02. The monoisotopic (exact) mass is 262 g/mol. The van der Waals surface area contributed by atoms with E-state index in [2.05, 4.69) is 32.3 Å². The lowest BCUT2D eigenvalue weighted by Gasteiger charge is -2.06. The molecular weight excluding hydrogens is 244 g/mol. The molecule has 2 heterocycles. The molecule has 2 aromatic heterocycles. The molecule has 0 spiro atoms. The molecule has 7 nitrogen and oxygen atoms in total. The fraction of sp³-hybridized carbons (Fsp3) is 0.500. The Morgan fingerprint density at radius 3 is 2.74 bits per heavy atom. The Morgan fingerprint density at radius 1 is 1.21 bits per heavy atom. The summed E-state index contributed by atoms with van der Waals surface area (Å²) in [5.41, 5.74) is 5.75. The van der Waals surface area contributed by atoms with Crippen molar-refractivity contribution in [2.45, 2.75) is 33.1 Å². The van der Waals surface area contributed by atoms with Crippen LogP contribution in [-0.4, -0.2) is 26.7 Å². The van der Waals surface area contributed by atoms with Crippen molar-refractivity contribution in [3.05, 3.63) is 23.6 Å². The zero-order valence-electron chi connectivity index (χ0n) is 11.2. The number of nitrogens with zero attached hydrogens (tertiary/aromatic N) is 4. The first-order chi connectivity index (χ1) is 9.17. The van der Waals surface area contributed by atoms with Gasteiger partial charge in [0.25, 0.3) is 0 Å². The summed E-state index contributed by atoms with van der Waals surface area (Å²) in [6.07, 6.45) is 2.49. The van der Waals surface area contributed by atoms with Crippen LogP contribution in [0.2, 0.25) is 0 Å². The predicted octanol–water partition coefficient (Wildman–Crippen LogP) is 1.36. The second-order valence-electron chi connectivity index (χ2n) is 4.25. The highest BCUT2D eigenvalue weighted by Gasteiger charge is 2.04. The smallest absolute Gasteiger partial charge is 0.223 e. The lowest BCUT2D eigenvalue weighted by Crippen LogP contribution is -2.10. The molecule has 3 N–H and O–H groups in total. The predicted molar refractivity (Wildman–Crippen MR) is 71.7 cm³/mol. The van der Waals surface area contributed by atoms with E-state index >= 15 is 0 Å². The zero-order chi connectivity index (χ0) is 13.7. The summed E-state index contributed by atoms with van der Waals surface area (Å²) >= 11 is 0. The first-order valence-electron chi connectivity index (χ1n) is 6.34. The third-order valence-corrected chi connectivity index (χ3v) is 2.49. The van der Waals surface area contributed by atoms with Crippen LogP contribution in [0.3, 0.4) is 0 Å². The van der Waals surface area contributed by atoms with E-state index in [1.165, 1.54) is 0 Å². The van der Waals surface area contributed by atoms with Crippen LogP contribution in [0.5, 0.6) is 0 Å². The molecule has 2 rings (SSSR count). The Bertz CT molecular complexity index is 539. The highest BCUT2D eigenvalue weighted by molar-refractivity contribution is 5.44. The van der Waals surface area contributed by atoms with E-state index < -0.39 is 0 Å². The van der Waals surface area contributed by atoms with Gasteiger partial charge in [-0.2, -0.15) is 4.98 Å². The fourth-order valence-corrected chi connectivity index (χ4v) is 1.69. The van der Waals surface area contributed by atoms with Crippen LogP contribution in [0.25, 0.3) is 0 Å². The minimum absolute atomic E-state index is 0.483. The number of nitrogens with two attached hydrogens (primary N) is 1. The lowest BCUT2D eigenvalue weighted by molar-refractivity contribution is 0.387. The van der Waals surface area contributed by atoms with Gasteiger partial charge in [0.05, 0.1) is 0 Å². The van der Waals surface area contributed by atoms with Gasteiger partial charge < -0.3 is 15.6 Å². The standard InChI is InChI=1S/C12H18N6O/c1-3-4-10-16-9(13)7-12(17-10)14-6-5-11-15-8(2)19-18-11/h7H,3-6H2,1-2H3,(H3,13,14,16,17). The number of aromatic nitrogens is 4. The maximum Gasteiger partial charge on any atom is 0.223 e. The van der Waals surface area contributed by atoms with Gasteiger partial charge in [0.2, 0.25) is 5.89 Å². The van der Waals surface area contributed by atoms with Crippen LogP contribution in [0.4, 0.5) is 11.6 Å². The van der Waals surface area contributed by atoms with Crippen molar-refractivity contribution >= 4 is 11.6 Å². The van der Waals surface area contributed by atoms with Crippen molar-refractivity contribution < 1.29 is 4.52 Å². The highest BCUT2D eigenvalue weighted by atomic mass is 16.5. The third kappa shape index (κ3) is 3.90. The molecule has 7 heteroatoms. The van der Waals surface area contributed by atoms with Crippen LogP contribution in [0.15, 0.2) is 10.6 Å². The van der Waals surface area contributed by atoms with Crippen LogP contribution in [0.1, 0.15) is 30.9 Å². The molecule has 0 aliphatic rings. The quantitative estimate of drug-likeness (QED) is 0.810. The highest BCUT2D eigenvalue weighted by Crippen LogP contribution is 2.09. The second-order valence-corrected chi connectivity index (χ2v) is 4.25. The SMILES string of the molecule is CCCc1nc(N)cc(NCCc2noc(C)n2)n1. The molecule has 102 valence electrons. The van der Waals surface area contributed by atoms with Gasteiger partial charge in [-0.15, -0.1) is 0 Å². The molecule has 2 aromatic rings. The van der Waals surface area contributed by atoms with Crippen LogP contribution >= 0.6 is 0 Å². The summed E-state index contributed by atoms with van der Waals surface area (Å²) in [6.45, 7) is 4.52. The van der Waals surface area contributed by atoms with E-state index in [0.717, 1.165) is 24.5 Å². The second kappa shape index (κ2) is 6.12. The number of aryl methyl sites for hydroxylation is 2. The van der Waals surface area contributed by atoms with Gasteiger partial charge in [-0.05, 0) is 6.42 Å². The minimum Gasteiger partial charge on any atom is -0.384 e. The molecule has 0 aromatic carbocycles. The summed E-state index contributed by atoms with van der Waals surface area (Å²) in [4.78, 5) is 12.7. The van der Waals surface area contributed by atoms with Crippen molar-refractivity contribution in [2.75, 3.05) is 17.6 Å². The summed E-state index contributed by atoms with van der Waals surface area (Å²) in [6, 6.07) is 1.72. The minimum atomic E-state index is 0.483. The van der Waals surface area contributed by atoms with E-state index in [-0.39, 0.29) is 0 Å². The van der Waals surface area contributed by atoms with E-state index in [1.807, 2.05) is 0 Å².